The van der Waals surface area contributed by atoms with Gasteiger partial charge in [0.2, 0.25) is 17.8 Å². The average molecular weight is 349 g/mol. The molecule has 2 rings (SSSR count). The van der Waals surface area contributed by atoms with Crippen LogP contribution in [0.3, 0.4) is 0 Å². The molecule has 1 aromatic rings. The first-order valence-electron chi connectivity index (χ1n) is 7.96. The number of carbonyl (C=O) groups is 2. The molecule has 0 aromatic carbocycles. The van der Waals surface area contributed by atoms with Crippen LogP contribution in [0.15, 0.2) is 31.1 Å². The topological polar surface area (TPSA) is 78.4 Å². The summed E-state index contributed by atoms with van der Waals surface area (Å²) in [5, 5.41) is 2.77. The molecule has 0 radical (unpaired) electrons. The molecule has 130 valence electrons. The molecule has 24 heavy (non-hydrogen) atoms. The molecule has 8 heteroatoms. The first-order chi connectivity index (χ1) is 11.7. The predicted octanol–water partition coefficient (Wildman–Crippen LogP) is 0.551. The maximum Gasteiger partial charge on any atom is 0.230 e. The third-order valence-corrected chi connectivity index (χ3v) is 4.53. The highest BCUT2D eigenvalue weighted by Crippen LogP contribution is 2.10. The number of aromatic nitrogens is 2. The summed E-state index contributed by atoms with van der Waals surface area (Å²) >= 11 is 1.50. The van der Waals surface area contributed by atoms with Crippen molar-refractivity contribution in [3.8, 4) is 0 Å². The van der Waals surface area contributed by atoms with Crippen LogP contribution in [0.2, 0.25) is 0 Å². The quantitative estimate of drug-likeness (QED) is 0.545. The molecule has 1 N–H and O–H groups in total. The Morgan fingerprint density at radius 3 is 2.62 bits per heavy atom. The smallest absolute Gasteiger partial charge is 0.230 e. The van der Waals surface area contributed by atoms with Gasteiger partial charge in [-0.3, -0.25) is 9.59 Å². The Kier molecular flexibility index (Phi) is 7.54. The predicted molar refractivity (Wildman–Crippen MR) is 96.0 cm³/mol. The molecule has 7 nitrogen and oxygen atoms in total. The zero-order chi connectivity index (χ0) is 17.2. The second kappa shape index (κ2) is 9.92. The minimum Gasteiger partial charge on any atom is -0.355 e. The Labute approximate surface area is 146 Å². The molecule has 0 spiro atoms. The Balaban J connectivity index is 1.64. The highest BCUT2D eigenvalue weighted by atomic mass is 32.2. The van der Waals surface area contributed by atoms with Gasteiger partial charge in [-0.15, -0.1) is 18.3 Å². The summed E-state index contributed by atoms with van der Waals surface area (Å²) in [6.45, 7) is 6.74. The summed E-state index contributed by atoms with van der Waals surface area (Å²) in [7, 11) is 0. The summed E-state index contributed by atoms with van der Waals surface area (Å²) in [5.74, 6) is 1.88. The fraction of sp³-hybridized carbons (Fsp3) is 0.500. The number of piperazine rings is 1. The van der Waals surface area contributed by atoms with Crippen molar-refractivity contribution in [1.29, 1.82) is 0 Å². The highest BCUT2D eigenvalue weighted by molar-refractivity contribution is 8.00. The molecule has 0 bridgehead atoms. The summed E-state index contributed by atoms with van der Waals surface area (Å²) in [4.78, 5) is 36.1. The van der Waals surface area contributed by atoms with Crippen LogP contribution in [0, 0.1) is 0 Å². The average Bonchev–Trinajstić information content (AvgIpc) is 2.63. The van der Waals surface area contributed by atoms with Crippen molar-refractivity contribution < 1.29 is 9.59 Å². The van der Waals surface area contributed by atoms with Crippen LogP contribution in [-0.4, -0.2) is 70.9 Å². The maximum absolute atomic E-state index is 12.2. The molecule has 1 aliphatic heterocycles. The van der Waals surface area contributed by atoms with Crippen molar-refractivity contribution >= 4 is 29.5 Å². The zero-order valence-electron chi connectivity index (χ0n) is 13.7. The zero-order valence-corrected chi connectivity index (χ0v) is 14.5. The van der Waals surface area contributed by atoms with Gasteiger partial charge in [0, 0.05) is 57.3 Å². The normalized spacial score (nSPS) is 14.3. The van der Waals surface area contributed by atoms with Crippen LogP contribution in [0.4, 0.5) is 5.95 Å². The van der Waals surface area contributed by atoms with E-state index < -0.39 is 0 Å². The van der Waals surface area contributed by atoms with Crippen LogP contribution in [0.25, 0.3) is 0 Å². The lowest BCUT2D eigenvalue weighted by atomic mass is 10.3. The van der Waals surface area contributed by atoms with Gasteiger partial charge in [0.25, 0.3) is 0 Å². The number of nitrogens with zero attached hydrogens (tertiary/aromatic N) is 4. The number of nitrogens with one attached hydrogen (secondary N) is 1. The summed E-state index contributed by atoms with van der Waals surface area (Å²) < 4.78 is 0. The summed E-state index contributed by atoms with van der Waals surface area (Å²) in [6, 6.07) is 1.79. The third-order valence-electron chi connectivity index (χ3n) is 3.60. The number of amides is 2. The minimum atomic E-state index is -0.0410. The van der Waals surface area contributed by atoms with Crippen LogP contribution in [0.1, 0.15) is 6.42 Å². The lowest BCUT2D eigenvalue weighted by Gasteiger charge is -2.34. The molecule has 1 fully saturated rings. The first kappa shape index (κ1) is 18.3. The van der Waals surface area contributed by atoms with Gasteiger partial charge in [0.15, 0.2) is 0 Å². The fourth-order valence-corrected chi connectivity index (χ4v) is 2.94. The van der Waals surface area contributed by atoms with Gasteiger partial charge in [0.1, 0.15) is 0 Å². The molecule has 0 saturated carbocycles. The van der Waals surface area contributed by atoms with Gasteiger partial charge in [0.05, 0.1) is 5.75 Å². The maximum atomic E-state index is 12.2. The standard InChI is InChI=1S/C16H23N5O2S/c1-2-12-24-13-14(22)17-7-4-15(23)20-8-10-21(11-9-20)16-18-5-3-6-19-16/h2-3,5-6H,1,4,7-13H2,(H,17,22). The fourth-order valence-electron chi connectivity index (χ4n) is 2.36. The molecule has 0 atom stereocenters. The minimum absolute atomic E-state index is 0.0410. The van der Waals surface area contributed by atoms with Gasteiger partial charge >= 0.3 is 0 Å². The summed E-state index contributed by atoms with van der Waals surface area (Å²) in [5.41, 5.74) is 0. The van der Waals surface area contributed by atoms with Crippen LogP contribution in [-0.2, 0) is 9.59 Å². The third kappa shape index (κ3) is 5.84. The number of hydrogen-bond donors (Lipinski definition) is 1. The van der Waals surface area contributed by atoms with Gasteiger partial charge in [-0.1, -0.05) is 6.08 Å². The number of hydrogen-bond acceptors (Lipinski definition) is 6. The van der Waals surface area contributed by atoms with E-state index in [9.17, 15) is 9.59 Å². The van der Waals surface area contributed by atoms with Crippen molar-refractivity contribution in [3.05, 3.63) is 31.1 Å². The SMILES string of the molecule is C=CCSCC(=O)NCCC(=O)N1CCN(c2ncccn2)CC1. The molecule has 0 aliphatic carbocycles. The lowest BCUT2D eigenvalue weighted by molar-refractivity contribution is -0.131. The molecule has 1 aromatic heterocycles. The van der Waals surface area contributed by atoms with Crippen LogP contribution < -0.4 is 10.2 Å². The monoisotopic (exact) mass is 349 g/mol. The molecular weight excluding hydrogens is 326 g/mol. The van der Waals surface area contributed by atoms with Crippen molar-refractivity contribution in [3.63, 3.8) is 0 Å². The summed E-state index contributed by atoms with van der Waals surface area (Å²) in [6.07, 6.45) is 5.53. The van der Waals surface area contributed by atoms with Crippen molar-refractivity contribution in [2.24, 2.45) is 0 Å². The largest absolute Gasteiger partial charge is 0.355 e. The van der Waals surface area contributed by atoms with E-state index in [0.717, 1.165) is 18.8 Å². The van der Waals surface area contributed by atoms with Gasteiger partial charge in [-0.25, -0.2) is 9.97 Å². The second-order valence-corrected chi connectivity index (χ2v) is 6.35. The van der Waals surface area contributed by atoms with Crippen molar-refractivity contribution in [1.82, 2.24) is 20.2 Å². The van der Waals surface area contributed by atoms with E-state index in [4.69, 9.17) is 0 Å². The van der Waals surface area contributed by atoms with Gasteiger partial charge < -0.3 is 15.1 Å². The Morgan fingerprint density at radius 2 is 1.96 bits per heavy atom. The molecule has 2 heterocycles. The van der Waals surface area contributed by atoms with E-state index in [1.165, 1.54) is 11.8 Å². The van der Waals surface area contributed by atoms with Crippen LogP contribution >= 0.6 is 11.8 Å². The molecule has 0 unspecified atom stereocenters. The molecule has 1 saturated heterocycles. The van der Waals surface area contributed by atoms with E-state index in [1.807, 2.05) is 4.90 Å². The number of rotatable bonds is 8. The second-order valence-electron chi connectivity index (χ2n) is 5.32. The Hall–Kier alpha value is -2.09. The lowest BCUT2D eigenvalue weighted by Crippen LogP contribution is -2.49. The van der Waals surface area contributed by atoms with Crippen LogP contribution in [0.5, 0.6) is 0 Å². The van der Waals surface area contributed by atoms with E-state index in [-0.39, 0.29) is 11.8 Å². The number of thioether (sulfide) groups is 1. The Bertz CT molecular complexity index is 547. The van der Waals surface area contributed by atoms with Gasteiger partial charge in [-0.2, -0.15) is 0 Å². The van der Waals surface area contributed by atoms with E-state index in [0.29, 0.717) is 37.8 Å². The number of anilines is 1. The highest BCUT2D eigenvalue weighted by Gasteiger charge is 2.22. The van der Waals surface area contributed by atoms with E-state index in [2.05, 4.69) is 26.8 Å². The van der Waals surface area contributed by atoms with Crippen molar-refractivity contribution in [2.45, 2.75) is 6.42 Å². The molecule has 1 aliphatic rings. The molecule has 2 amide bonds. The first-order valence-corrected chi connectivity index (χ1v) is 9.11. The Morgan fingerprint density at radius 1 is 1.25 bits per heavy atom. The van der Waals surface area contributed by atoms with Gasteiger partial charge in [-0.05, 0) is 6.07 Å². The van der Waals surface area contributed by atoms with E-state index >= 15 is 0 Å². The van der Waals surface area contributed by atoms with E-state index in [1.54, 1.807) is 24.5 Å². The molecular formula is C16H23N5O2S. The van der Waals surface area contributed by atoms with Crippen molar-refractivity contribution in [2.75, 3.05) is 49.1 Å². The number of carbonyl (C=O) groups excluding carboxylic acids is 2.